The minimum absolute atomic E-state index is 0.102. The fourth-order valence-electron chi connectivity index (χ4n) is 3.04. The second-order valence-electron chi connectivity index (χ2n) is 6.49. The van der Waals surface area contributed by atoms with Gasteiger partial charge in [0.15, 0.2) is 0 Å². The molecule has 0 radical (unpaired) electrons. The quantitative estimate of drug-likeness (QED) is 0.870. The first kappa shape index (κ1) is 18.7. The molecule has 2 aromatic rings. The number of hydrogen-bond acceptors (Lipinski definition) is 3. The summed E-state index contributed by atoms with van der Waals surface area (Å²) in [6.07, 6.45) is 0. The molecule has 7 heteroatoms. The van der Waals surface area contributed by atoms with Gasteiger partial charge in [-0.05, 0) is 35.9 Å². The van der Waals surface area contributed by atoms with Crippen molar-refractivity contribution in [3.63, 3.8) is 0 Å². The lowest BCUT2D eigenvalue weighted by molar-refractivity contribution is -0.114. The number of nitrogens with zero attached hydrogens (tertiary/aromatic N) is 2. The number of nitrogens with one attached hydrogen (secondary N) is 2. The van der Waals surface area contributed by atoms with E-state index < -0.39 is 0 Å². The molecule has 1 fully saturated rings. The van der Waals surface area contributed by atoms with Crippen LogP contribution >= 0.6 is 0 Å². The monoisotopic (exact) mass is 370 g/mol. The number of halogens is 1. The Morgan fingerprint density at radius 3 is 2.41 bits per heavy atom. The maximum absolute atomic E-state index is 12.9. The van der Waals surface area contributed by atoms with Crippen molar-refractivity contribution in [3.05, 3.63) is 59.9 Å². The number of amides is 3. The van der Waals surface area contributed by atoms with Crippen LogP contribution in [0.2, 0.25) is 0 Å². The van der Waals surface area contributed by atoms with Crippen molar-refractivity contribution < 1.29 is 14.0 Å². The summed E-state index contributed by atoms with van der Waals surface area (Å²) in [7, 11) is 0. The number of carbonyl (C=O) groups is 2. The Morgan fingerprint density at radius 2 is 1.74 bits per heavy atom. The Labute approximate surface area is 158 Å². The number of hydrogen-bond donors (Lipinski definition) is 2. The number of anilines is 2. The van der Waals surface area contributed by atoms with Crippen LogP contribution in [0.15, 0.2) is 48.5 Å². The summed E-state index contributed by atoms with van der Waals surface area (Å²) < 4.78 is 12.9. The molecule has 27 heavy (non-hydrogen) atoms. The number of rotatable bonds is 4. The summed E-state index contributed by atoms with van der Waals surface area (Å²) in [6, 6.07) is 13.7. The smallest absolute Gasteiger partial charge is 0.317 e. The zero-order valence-electron chi connectivity index (χ0n) is 15.2. The average Bonchev–Trinajstić information content (AvgIpc) is 2.67. The molecule has 142 valence electrons. The van der Waals surface area contributed by atoms with Crippen molar-refractivity contribution in [2.75, 3.05) is 36.4 Å². The molecule has 0 atom stereocenters. The van der Waals surface area contributed by atoms with Crippen molar-refractivity contribution in [2.45, 2.75) is 13.5 Å². The van der Waals surface area contributed by atoms with Gasteiger partial charge in [-0.2, -0.15) is 0 Å². The van der Waals surface area contributed by atoms with Gasteiger partial charge < -0.3 is 20.4 Å². The van der Waals surface area contributed by atoms with Crippen LogP contribution in [-0.4, -0.2) is 43.0 Å². The largest absolute Gasteiger partial charge is 0.368 e. The average molecular weight is 370 g/mol. The molecule has 3 rings (SSSR count). The van der Waals surface area contributed by atoms with E-state index in [1.54, 1.807) is 17.0 Å². The van der Waals surface area contributed by atoms with E-state index in [1.807, 2.05) is 24.3 Å². The van der Waals surface area contributed by atoms with Gasteiger partial charge in [-0.25, -0.2) is 9.18 Å². The molecule has 0 saturated carbocycles. The van der Waals surface area contributed by atoms with Gasteiger partial charge in [0.05, 0.1) is 0 Å². The summed E-state index contributed by atoms with van der Waals surface area (Å²) in [5, 5.41) is 5.66. The third-order valence-electron chi connectivity index (χ3n) is 4.46. The van der Waals surface area contributed by atoms with Gasteiger partial charge in [0.2, 0.25) is 5.91 Å². The van der Waals surface area contributed by atoms with Crippen LogP contribution in [0.1, 0.15) is 12.5 Å². The molecule has 0 spiro atoms. The normalized spacial score (nSPS) is 14.0. The van der Waals surface area contributed by atoms with E-state index in [1.165, 1.54) is 19.1 Å². The lowest BCUT2D eigenvalue weighted by atomic mass is 10.2. The Balaban J connectivity index is 1.50. The molecule has 0 aliphatic carbocycles. The highest BCUT2D eigenvalue weighted by Crippen LogP contribution is 2.21. The van der Waals surface area contributed by atoms with Gasteiger partial charge in [0.1, 0.15) is 5.82 Å². The lowest BCUT2D eigenvalue weighted by Gasteiger charge is -2.36. The Kier molecular flexibility index (Phi) is 5.90. The van der Waals surface area contributed by atoms with Crippen LogP contribution in [0.4, 0.5) is 20.6 Å². The second-order valence-corrected chi connectivity index (χ2v) is 6.49. The Bertz CT molecular complexity index is 802. The molecular formula is C20H23FN4O2. The molecule has 0 bridgehead atoms. The van der Waals surface area contributed by atoms with Crippen molar-refractivity contribution in [2.24, 2.45) is 0 Å². The van der Waals surface area contributed by atoms with Crippen molar-refractivity contribution in [3.8, 4) is 0 Å². The van der Waals surface area contributed by atoms with Gasteiger partial charge in [-0.15, -0.1) is 0 Å². The molecular weight excluding hydrogens is 347 g/mol. The maximum Gasteiger partial charge on any atom is 0.317 e. The fraction of sp³-hybridized carbons (Fsp3) is 0.300. The summed E-state index contributed by atoms with van der Waals surface area (Å²) >= 11 is 0. The predicted molar refractivity (Wildman–Crippen MR) is 103 cm³/mol. The van der Waals surface area contributed by atoms with Crippen LogP contribution in [0.5, 0.6) is 0 Å². The van der Waals surface area contributed by atoms with Gasteiger partial charge in [-0.3, -0.25) is 4.79 Å². The van der Waals surface area contributed by atoms with Crippen LogP contribution < -0.4 is 15.5 Å². The third-order valence-corrected chi connectivity index (χ3v) is 4.46. The van der Waals surface area contributed by atoms with E-state index >= 15 is 0 Å². The first-order chi connectivity index (χ1) is 13.0. The van der Waals surface area contributed by atoms with E-state index in [0.717, 1.165) is 16.9 Å². The number of piperazine rings is 1. The summed E-state index contributed by atoms with van der Waals surface area (Å²) in [5.74, 6) is -0.390. The predicted octanol–water partition coefficient (Wildman–Crippen LogP) is 2.82. The number of benzene rings is 2. The van der Waals surface area contributed by atoms with E-state index in [9.17, 15) is 14.0 Å². The molecule has 1 aliphatic rings. The molecule has 1 aliphatic heterocycles. The topological polar surface area (TPSA) is 64.7 Å². The molecule has 3 amide bonds. The molecule has 6 nitrogen and oxygen atoms in total. The van der Waals surface area contributed by atoms with Crippen LogP contribution in [0, 0.1) is 5.82 Å². The van der Waals surface area contributed by atoms with E-state index in [-0.39, 0.29) is 17.8 Å². The zero-order valence-corrected chi connectivity index (χ0v) is 15.2. The van der Waals surface area contributed by atoms with Crippen molar-refractivity contribution in [1.82, 2.24) is 10.2 Å². The summed E-state index contributed by atoms with van der Waals surface area (Å²) in [5.41, 5.74) is 2.64. The molecule has 0 unspecified atom stereocenters. The highest BCUT2D eigenvalue weighted by Gasteiger charge is 2.21. The molecule has 0 aromatic heterocycles. The van der Waals surface area contributed by atoms with Crippen LogP contribution in [0.25, 0.3) is 0 Å². The maximum atomic E-state index is 12.9. The highest BCUT2D eigenvalue weighted by atomic mass is 19.1. The van der Waals surface area contributed by atoms with E-state index in [0.29, 0.717) is 32.7 Å². The van der Waals surface area contributed by atoms with Crippen LogP contribution in [-0.2, 0) is 11.3 Å². The number of urea groups is 1. The standard InChI is InChI=1S/C20H23FN4O2/c1-15(26)23-18-3-2-4-19(13-18)24-9-11-25(12-10-24)20(27)22-14-16-5-7-17(21)8-6-16/h2-8,13H,9-12,14H2,1H3,(H,22,27)(H,23,26). The number of carbonyl (C=O) groups excluding carboxylic acids is 2. The Morgan fingerprint density at radius 1 is 1.04 bits per heavy atom. The molecule has 2 N–H and O–H groups in total. The Hall–Kier alpha value is -3.09. The molecule has 1 heterocycles. The molecule has 1 saturated heterocycles. The first-order valence-corrected chi connectivity index (χ1v) is 8.91. The minimum Gasteiger partial charge on any atom is -0.368 e. The summed E-state index contributed by atoms with van der Waals surface area (Å²) in [4.78, 5) is 27.5. The lowest BCUT2D eigenvalue weighted by Crippen LogP contribution is -2.51. The van der Waals surface area contributed by atoms with E-state index in [4.69, 9.17) is 0 Å². The molecule has 2 aromatic carbocycles. The van der Waals surface area contributed by atoms with Gasteiger partial charge >= 0.3 is 6.03 Å². The first-order valence-electron chi connectivity index (χ1n) is 8.91. The van der Waals surface area contributed by atoms with Gasteiger partial charge in [0, 0.05) is 51.0 Å². The van der Waals surface area contributed by atoms with Crippen LogP contribution in [0.3, 0.4) is 0 Å². The second kappa shape index (κ2) is 8.53. The SMILES string of the molecule is CC(=O)Nc1cccc(N2CCN(C(=O)NCc3ccc(F)cc3)CC2)c1. The highest BCUT2D eigenvalue weighted by molar-refractivity contribution is 5.89. The third kappa shape index (κ3) is 5.20. The summed E-state index contributed by atoms with van der Waals surface area (Å²) in [6.45, 7) is 4.51. The van der Waals surface area contributed by atoms with Crippen molar-refractivity contribution in [1.29, 1.82) is 0 Å². The van der Waals surface area contributed by atoms with Gasteiger partial charge in [-0.1, -0.05) is 18.2 Å². The zero-order chi connectivity index (χ0) is 19.2. The van der Waals surface area contributed by atoms with Gasteiger partial charge in [0.25, 0.3) is 0 Å². The minimum atomic E-state index is -0.288. The fourth-order valence-corrected chi connectivity index (χ4v) is 3.04. The van der Waals surface area contributed by atoms with E-state index in [2.05, 4.69) is 15.5 Å². The van der Waals surface area contributed by atoms with Crippen molar-refractivity contribution >= 4 is 23.3 Å².